The number of rotatable bonds is 8. The molecule has 0 saturated heterocycles. The number of hydrogen-bond acceptors (Lipinski definition) is 4. The van der Waals surface area contributed by atoms with E-state index in [1.54, 1.807) is 17.6 Å². The second kappa shape index (κ2) is 8.48. The predicted molar refractivity (Wildman–Crippen MR) is 84.8 cm³/mol. The van der Waals surface area contributed by atoms with Crippen LogP contribution in [0.25, 0.3) is 0 Å². The van der Waals surface area contributed by atoms with Crippen LogP contribution in [0.2, 0.25) is 0 Å². The summed E-state index contributed by atoms with van der Waals surface area (Å²) >= 11 is 1.68. The highest BCUT2D eigenvalue weighted by Crippen LogP contribution is 2.59. The highest BCUT2D eigenvalue weighted by molar-refractivity contribution is 8.53. The van der Waals surface area contributed by atoms with E-state index in [0.717, 1.165) is 5.76 Å². The Bertz CT molecular complexity index is 469. The fourth-order valence-electron chi connectivity index (χ4n) is 1.74. The lowest BCUT2D eigenvalue weighted by atomic mass is 10.1. The third kappa shape index (κ3) is 4.35. The van der Waals surface area contributed by atoms with Gasteiger partial charge >= 0.3 is 0 Å². The lowest BCUT2D eigenvalue weighted by molar-refractivity contribution is 0.283. The summed E-state index contributed by atoms with van der Waals surface area (Å²) in [7, 11) is -0.972. The molecule has 20 heavy (non-hydrogen) atoms. The maximum absolute atomic E-state index is 5.70. The Morgan fingerprint density at radius 2 is 1.75 bits per heavy atom. The van der Waals surface area contributed by atoms with Gasteiger partial charge in [-0.1, -0.05) is 41.7 Å². The zero-order chi connectivity index (χ0) is 14.2. The fraction of sp³-hybridized carbons (Fsp3) is 0.333. The maximum Gasteiger partial charge on any atom is 0.239 e. The Morgan fingerprint density at radius 3 is 2.30 bits per heavy atom. The van der Waals surface area contributed by atoms with Crippen LogP contribution in [-0.4, -0.2) is 13.2 Å². The molecule has 1 aromatic heterocycles. The molecule has 0 aliphatic heterocycles. The van der Waals surface area contributed by atoms with Gasteiger partial charge < -0.3 is 13.5 Å². The van der Waals surface area contributed by atoms with Crippen molar-refractivity contribution >= 4 is 19.0 Å². The first kappa shape index (κ1) is 15.6. The molecule has 0 fully saturated rings. The first-order valence-electron chi connectivity index (χ1n) is 6.66. The molecule has 1 atom stereocenters. The van der Waals surface area contributed by atoms with Crippen molar-refractivity contribution < 1.29 is 13.5 Å². The molecule has 3 nitrogen and oxygen atoms in total. The molecule has 108 valence electrons. The molecule has 0 N–H and O–H groups in total. The van der Waals surface area contributed by atoms with Crippen molar-refractivity contribution in [3.8, 4) is 0 Å². The Kier molecular flexibility index (Phi) is 6.61. The molecule has 0 radical (unpaired) electrons. The largest absolute Gasteiger partial charge is 0.468 e. The number of furan rings is 1. The van der Waals surface area contributed by atoms with E-state index < -0.39 is 7.58 Å². The van der Waals surface area contributed by atoms with Crippen LogP contribution in [-0.2, 0) is 9.05 Å². The third-order valence-electron chi connectivity index (χ3n) is 2.56. The van der Waals surface area contributed by atoms with E-state index in [1.807, 2.05) is 44.2 Å². The number of benzene rings is 1. The molecule has 5 heteroatoms. The monoisotopic (exact) mass is 310 g/mol. The van der Waals surface area contributed by atoms with Gasteiger partial charge in [-0.15, -0.1) is 0 Å². The first-order chi connectivity index (χ1) is 9.85. The quantitative estimate of drug-likeness (QED) is 0.611. The fourth-order valence-corrected chi connectivity index (χ4v) is 5.24. The maximum atomic E-state index is 5.70. The second-order valence-corrected chi connectivity index (χ2v) is 7.14. The summed E-state index contributed by atoms with van der Waals surface area (Å²) in [5.41, 5.74) is 1.19. The SMILES string of the molecule is CCOP(OCC)SC(c1ccccc1)c1ccco1. The molecular weight excluding hydrogens is 291 g/mol. The van der Waals surface area contributed by atoms with Gasteiger partial charge in [-0.2, -0.15) is 0 Å². The summed E-state index contributed by atoms with van der Waals surface area (Å²) in [6.07, 6.45) is 1.70. The minimum atomic E-state index is -0.972. The normalized spacial score (nSPS) is 12.8. The summed E-state index contributed by atoms with van der Waals surface area (Å²) in [4.78, 5) is 0. The first-order valence-corrected chi connectivity index (χ1v) is 9.32. The second-order valence-electron chi connectivity index (χ2n) is 3.97. The van der Waals surface area contributed by atoms with Crippen LogP contribution in [0.3, 0.4) is 0 Å². The molecule has 0 bridgehead atoms. The molecule has 0 spiro atoms. The van der Waals surface area contributed by atoms with E-state index in [2.05, 4.69) is 12.1 Å². The van der Waals surface area contributed by atoms with E-state index in [4.69, 9.17) is 13.5 Å². The average Bonchev–Trinajstić information content (AvgIpc) is 3.00. The highest BCUT2D eigenvalue weighted by atomic mass is 32.7. The van der Waals surface area contributed by atoms with Gasteiger partial charge in [0.25, 0.3) is 0 Å². The van der Waals surface area contributed by atoms with Gasteiger partial charge in [0.05, 0.1) is 24.7 Å². The summed E-state index contributed by atoms with van der Waals surface area (Å²) in [5.74, 6) is 0.924. The Hall–Kier alpha value is -0.800. The van der Waals surface area contributed by atoms with Crippen LogP contribution < -0.4 is 0 Å². The molecule has 2 aromatic rings. The topological polar surface area (TPSA) is 31.6 Å². The molecule has 0 amide bonds. The summed E-state index contributed by atoms with van der Waals surface area (Å²) in [6, 6.07) is 14.2. The molecule has 0 aliphatic rings. The van der Waals surface area contributed by atoms with Crippen molar-refractivity contribution in [2.45, 2.75) is 19.1 Å². The van der Waals surface area contributed by atoms with Crippen LogP contribution in [0.4, 0.5) is 0 Å². The summed E-state index contributed by atoms with van der Waals surface area (Å²) in [6.45, 7) is 5.27. The Balaban J connectivity index is 2.19. The minimum Gasteiger partial charge on any atom is -0.468 e. The van der Waals surface area contributed by atoms with Gasteiger partial charge in [-0.05, 0) is 31.5 Å². The highest BCUT2D eigenvalue weighted by Gasteiger charge is 2.24. The lowest BCUT2D eigenvalue weighted by Gasteiger charge is -2.20. The van der Waals surface area contributed by atoms with Crippen molar-refractivity contribution in [2.75, 3.05) is 13.2 Å². The van der Waals surface area contributed by atoms with Gasteiger partial charge in [0.15, 0.2) is 0 Å². The van der Waals surface area contributed by atoms with Crippen LogP contribution in [0.5, 0.6) is 0 Å². The molecule has 0 aliphatic carbocycles. The van der Waals surface area contributed by atoms with E-state index in [0.29, 0.717) is 13.2 Å². The van der Waals surface area contributed by atoms with Crippen molar-refractivity contribution in [2.24, 2.45) is 0 Å². The van der Waals surface area contributed by atoms with Crippen LogP contribution >= 0.6 is 19.0 Å². The Morgan fingerprint density at radius 1 is 1.05 bits per heavy atom. The van der Waals surface area contributed by atoms with Crippen molar-refractivity contribution in [1.82, 2.24) is 0 Å². The zero-order valence-electron chi connectivity index (χ0n) is 11.7. The van der Waals surface area contributed by atoms with Gasteiger partial charge in [0.2, 0.25) is 7.58 Å². The summed E-state index contributed by atoms with van der Waals surface area (Å²) < 4.78 is 17.0. The van der Waals surface area contributed by atoms with Crippen molar-refractivity contribution in [3.05, 3.63) is 60.1 Å². The smallest absolute Gasteiger partial charge is 0.239 e. The van der Waals surface area contributed by atoms with Crippen LogP contribution in [0.1, 0.15) is 30.4 Å². The van der Waals surface area contributed by atoms with E-state index >= 15 is 0 Å². The standard InChI is InChI=1S/C15H19O3PS/c1-3-17-19(18-4-2)20-15(14-11-8-12-16-14)13-9-6-5-7-10-13/h5-12,15H,3-4H2,1-2H3. The molecule has 0 saturated carbocycles. The van der Waals surface area contributed by atoms with Gasteiger partial charge in [-0.25, -0.2) is 0 Å². The molecule has 1 aromatic carbocycles. The van der Waals surface area contributed by atoms with E-state index in [-0.39, 0.29) is 5.25 Å². The van der Waals surface area contributed by atoms with Gasteiger partial charge in [-0.3, -0.25) is 0 Å². The molecule has 1 heterocycles. The summed E-state index contributed by atoms with van der Waals surface area (Å²) in [5, 5.41) is 0.0930. The van der Waals surface area contributed by atoms with Gasteiger partial charge in [0, 0.05) is 0 Å². The van der Waals surface area contributed by atoms with Crippen molar-refractivity contribution in [3.63, 3.8) is 0 Å². The third-order valence-corrected chi connectivity index (χ3v) is 6.17. The van der Waals surface area contributed by atoms with Crippen LogP contribution in [0, 0.1) is 0 Å². The molecular formula is C15H19O3PS. The molecule has 1 unspecified atom stereocenters. The van der Waals surface area contributed by atoms with Crippen LogP contribution in [0.15, 0.2) is 53.1 Å². The average molecular weight is 310 g/mol. The predicted octanol–water partition coefficient (Wildman–Crippen LogP) is 5.40. The lowest BCUT2D eigenvalue weighted by Crippen LogP contribution is -1.96. The van der Waals surface area contributed by atoms with E-state index in [1.165, 1.54) is 5.56 Å². The van der Waals surface area contributed by atoms with E-state index in [9.17, 15) is 0 Å². The van der Waals surface area contributed by atoms with Gasteiger partial charge in [0.1, 0.15) is 5.76 Å². The Labute approximate surface area is 125 Å². The van der Waals surface area contributed by atoms with Crippen molar-refractivity contribution in [1.29, 1.82) is 0 Å². The zero-order valence-corrected chi connectivity index (χ0v) is 13.4. The molecule has 2 rings (SSSR count). The minimum absolute atomic E-state index is 0.0930. The number of hydrogen-bond donors (Lipinski definition) is 0.